The van der Waals surface area contributed by atoms with Gasteiger partial charge in [-0.1, -0.05) is 18.2 Å². The highest BCUT2D eigenvalue weighted by Gasteiger charge is 2.39. The first-order valence-corrected chi connectivity index (χ1v) is 19.9. The number of piperidine rings is 1. The van der Waals surface area contributed by atoms with Crippen molar-refractivity contribution in [2.24, 2.45) is 7.05 Å². The zero-order valence-electron chi connectivity index (χ0n) is 32.1. The Hall–Kier alpha value is -6.39. The maximum Gasteiger partial charge on any atom is 0.280 e. The number of ether oxygens (including phenoxy) is 2. The molecule has 0 aliphatic carbocycles. The van der Waals surface area contributed by atoms with Crippen LogP contribution in [0.15, 0.2) is 73.2 Å². The molecule has 2 aromatic heterocycles. The summed E-state index contributed by atoms with van der Waals surface area (Å²) in [5, 5.41) is 8.99. The second-order valence-corrected chi connectivity index (χ2v) is 15.6. The Morgan fingerprint density at radius 1 is 1.00 bits per heavy atom. The molecule has 3 aliphatic rings. The monoisotopic (exact) mass is 802 g/mol. The van der Waals surface area contributed by atoms with E-state index in [1.54, 1.807) is 35.1 Å². The van der Waals surface area contributed by atoms with Crippen molar-refractivity contribution in [2.45, 2.75) is 45.3 Å². The topological polar surface area (TPSA) is 177 Å². The summed E-state index contributed by atoms with van der Waals surface area (Å²) in [7, 11) is 1.81. The van der Waals surface area contributed by atoms with Crippen LogP contribution >= 0.6 is 11.3 Å². The molecule has 3 N–H and O–H groups in total. The molecule has 5 amide bonds. The molecule has 5 aromatic rings. The number of hydrogen-bond acceptors (Lipinski definition) is 11. The fourth-order valence-electron chi connectivity index (χ4n) is 7.50. The molecule has 15 nitrogen and oxygen atoms in total. The van der Waals surface area contributed by atoms with Crippen molar-refractivity contribution in [3.8, 4) is 17.0 Å². The zero-order valence-corrected chi connectivity index (χ0v) is 32.9. The van der Waals surface area contributed by atoms with Gasteiger partial charge in [-0.3, -0.25) is 29.3 Å². The van der Waals surface area contributed by atoms with Crippen molar-refractivity contribution >= 4 is 52.2 Å². The van der Waals surface area contributed by atoms with E-state index >= 15 is 0 Å². The average molecular weight is 803 g/mol. The van der Waals surface area contributed by atoms with Crippen LogP contribution in [-0.2, 0) is 40.9 Å². The van der Waals surface area contributed by atoms with E-state index in [9.17, 15) is 24.0 Å². The Kier molecular flexibility index (Phi) is 11.0. The van der Waals surface area contributed by atoms with Crippen molar-refractivity contribution in [2.75, 3.05) is 43.1 Å². The molecule has 1 unspecified atom stereocenters. The Balaban J connectivity index is 0.761. The van der Waals surface area contributed by atoms with Crippen LogP contribution in [0.2, 0.25) is 0 Å². The van der Waals surface area contributed by atoms with Gasteiger partial charge in [-0.15, -0.1) is 11.3 Å². The number of nitrogens with one attached hydrogen (secondary N) is 3. The van der Waals surface area contributed by atoms with Gasteiger partial charge in [-0.05, 0) is 78.9 Å². The minimum Gasteiger partial charge on any atom is -0.491 e. The molecule has 0 bridgehead atoms. The maximum absolute atomic E-state index is 13.2. The first-order chi connectivity index (χ1) is 28.1. The molecule has 0 spiro atoms. The number of hydrogen-bond donors (Lipinski definition) is 3. The lowest BCUT2D eigenvalue weighted by molar-refractivity contribution is -0.136. The van der Waals surface area contributed by atoms with Gasteiger partial charge in [-0.2, -0.15) is 0 Å². The highest BCUT2D eigenvalue weighted by atomic mass is 32.1. The summed E-state index contributed by atoms with van der Waals surface area (Å²) in [5.74, 6) is -0.613. The van der Waals surface area contributed by atoms with Crippen LogP contribution < -0.4 is 25.6 Å². The molecule has 1 saturated heterocycles. The van der Waals surface area contributed by atoms with Crippen LogP contribution in [0, 0.1) is 6.92 Å². The molecule has 16 heteroatoms. The highest BCUT2D eigenvalue weighted by Crippen LogP contribution is 2.35. The SMILES string of the molecule is Cc1sc(C(=O)NCc2cccc(OCCOCCNc3ccc4c(c3)CN(C3CCC(=O)NC3=O)C4=O)c2)nc1-c1ccc2c(c1)CCN2C(=O)c1cncn1C. The fraction of sp³-hybridized carbons (Fsp3) is 0.310. The lowest BCUT2D eigenvalue weighted by atomic mass is 10.0. The quantitative estimate of drug-likeness (QED) is 0.109. The van der Waals surface area contributed by atoms with Crippen molar-refractivity contribution in [3.05, 3.63) is 111 Å². The van der Waals surface area contributed by atoms with Crippen LogP contribution in [0.25, 0.3) is 11.3 Å². The Morgan fingerprint density at radius 2 is 1.88 bits per heavy atom. The zero-order chi connectivity index (χ0) is 40.3. The minimum absolute atomic E-state index is 0.0827. The molecule has 298 valence electrons. The van der Waals surface area contributed by atoms with Gasteiger partial charge in [0.25, 0.3) is 17.7 Å². The number of fused-ring (bicyclic) bond motifs is 2. The van der Waals surface area contributed by atoms with Crippen LogP contribution in [0.5, 0.6) is 5.75 Å². The maximum atomic E-state index is 13.2. The molecule has 1 fully saturated rings. The number of anilines is 2. The predicted octanol–water partition coefficient (Wildman–Crippen LogP) is 4.25. The number of aryl methyl sites for hydroxylation is 2. The molecule has 58 heavy (non-hydrogen) atoms. The van der Waals surface area contributed by atoms with Gasteiger partial charge in [0.1, 0.15) is 24.1 Å². The van der Waals surface area contributed by atoms with Crippen molar-refractivity contribution in [1.29, 1.82) is 0 Å². The third-order valence-electron chi connectivity index (χ3n) is 10.5. The van der Waals surface area contributed by atoms with Gasteiger partial charge in [0, 0.05) is 67.0 Å². The second-order valence-electron chi connectivity index (χ2n) is 14.4. The van der Waals surface area contributed by atoms with Gasteiger partial charge in [0.15, 0.2) is 5.01 Å². The van der Waals surface area contributed by atoms with Crippen LogP contribution in [-0.4, -0.2) is 87.9 Å². The van der Waals surface area contributed by atoms with Crippen LogP contribution in [0.4, 0.5) is 11.4 Å². The summed E-state index contributed by atoms with van der Waals surface area (Å²) in [4.78, 5) is 76.1. The minimum atomic E-state index is -0.642. The van der Waals surface area contributed by atoms with Gasteiger partial charge in [0.2, 0.25) is 11.8 Å². The number of imide groups is 1. The number of carbonyl (C=O) groups excluding carboxylic acids is 5. The Morgan fingerprint density at radius 3 is 2.71 bits per heavy atom. The van der Waals surface area contributed by atoms with E-state index < -0.39 is 11.9 Å². The number of carbonyl (C=O) groups is 5. The number of amides is 5. The molecular weight excluding hydrogens is 761 g/mol. The summed E-state index contributed by atoms with van der Waals surface area (Å²) < 4.78 is 13.4. The van der Waals surface area contributed by atoms with Gasteiger partial charge in [0.05, 0.1) is 31.4 Å². The first kappa shape index (κ1) is 38.5. The van der Waals surface area contributed by atoms with Crippen molar-refractivity contribution in [1.82, 2.24) is 30.1 Å². The van der Waals surface area contributed by atoms with E-state index in [2.05, 4.69) is 27.0 Å². The molecule has 5 heterocycles. The highest BCUT2D eigenvalue weighted by molar-refractivity contribution is 7.14. The summed E-state index contributed by atoms with van der Waals surface area (Å²) in [6, 6.07) is 18.4. The summed E-state index contributed by atoms with van der Waals surface area (Å²) >= 11 is 1.35. The third-order valence-corrected chi connectivity index (χ3v) is 11.4. The fourth-order valence-corrected chi connectivity index (χ4v) is 8.35. The lowest BCUT2D eigenvalue weighted by Gasteiger charge is -2.29. The summed E-state index contributed by atoms with van der Waals surface area (Å²) in [6.07, 6.45) is 4.48. The van der Waals surface area contributed by atoms with Crippen molar-refractivity contribution in [3.63, 3.8) is 0 Å². The van der Waals surface area contributed by atoms with E-state index in [0.717, 1.165) is 50.6 Å². The summed E-state index contributed by atoms with van der Waals surface area (Å²) in [6.45, 7) is 4.86. The molecule has 0 saturated carbocycles. The predicted molar refractivity (Wildman–Crippen MR) is 216 cm³/mol. The molecule has 3 aliphatic heterocycles. The number of rotatable bonds is 14. The average Bonchev–Trinajstić information content (AvgIpc) is 4.01. The van der Waals surface area contributed by atoms with E-state index in [1.165, 1.54) is 16.2 Å². The second kappa shape index (κ2) is 16.6. The van der Waals surface area contributed by atoms with Crippen LogP contribution in [0.1, 0.15) is 65.1 Å². The molecule has 0 radical (unpaired) electrons. The molecule has 1 atom stereocenters. The first-order valence-electron chi connectivity index (χ1n) is 19.1. The van der Waals surface area contributed by atoms with E-state index in [0.29, 0.717) is 74.4 Å². The van der Waals surface area contributed by atoms with E-state index in [4.69, 9.17) is 14.5 Å². The van der Waals surface area contributed by atoms with Crippen molar-refractivity contribution < 1.29 is 33.4 Å². The van der Waals surface area contributed by atoms with Gasteiger partial charge >= 0.3 is 0 Å². The molecule has 8 rings (SSSR count). The largest absolute Gasteiger partial charge is 0.491 e. The molecular formula is C42H42N8O7S. The van der Waals surface area contributed by atoms with Crippen LogP contribution in [0.3, 0.4) is 0 Å². The standard InChI is InChI=1S/C42H42N8O7S/c1-25-37(28-6-9-33-27(19-28)12-14-49(33)42(55)35-22-43-24-48(35)2)47-40(58-25)39(53)45-21-26-4-3-5-31(18-26)57-17-16-56-15-13-44-30-7-8-32-29(20-30)23-50(41(32)54)34-10-11-36(51)46-38(34)52/h3-9,18-20,22,24,34,44H,10-17,21,23H2,1-2H3,(H,45,53)(H,46,51,52). The smallest absolute Gasteiger partial charge is 0.280 e. The Labute approximate surface area is 338 Å². The number of benzene rings is 3. The normalized spacial score (nSPS) is 16.0. The van der Waals surface area contributed by atoms with E-state index in [-0.39, 0.29) is 30.0 Å². The number of thiazole rings is 1. The number of nitrogens with zero attached hydrogens (tertiary/aromatic N) is 5. The van der Waals surface area contributed by atoms with Gasteiger partial charge < -0.3 is 34.5 Å². The molecule has 3 aromatic carbocycles. The lowest BCUT2D eigenvalue weighted by Crippen LogP contribution is -2.52. The number of imidazole rings is 1. The summed E-state index contributed by atoms with van der Waals surface area (Å²) in [5.41, 5.74) is 7.26. The third kappa shape index (κ3) is 8.06. The van der Waals surface area contributed by atoms with E-state index in [1.807, 2.05) is 55.5 Å². The number of aromatic nitrogens is 3. The Bertz CT molecular complexity index is 2430. The van der Waals surface area contributed by atoms with Gasteiger partial charge in [-0.25, -0.2) is 9.97 Å².